The summed E-state index contributed by atoms with van der Waals surface area (Å²) in [6.07, 6.45) is 0. The van der Waals surface area contributed by atoms with Crippen molar-refractivity contribution in [2.75, 3.05) is 32.1 Å². The van der Waals surface area contributed by atoms with Gasteiger partial charge in [-0.3, -0.25) is 9.36 Å². The predicted molar refractivity (Wildman–Crippen MR) is 126 cm³/mol. The van der Waals surface area contributed by atoms with Gasteiger partial charge in [0.2, 0.25) is 5.91 Å². The minimum atomic E-state index is -0.405. The van der Waals surface area contributed by atoms with Gasteiger partial charge in [0.15, 0.2) is 5.58 Å². The van der Waals surface area contributed by atoms with Crippen molar-refractivity contribution in [1.82, 2.24) is 14.9 Å². The molecule has 2 heterocycles. The first-order valence-electron chi connectivity index (χ1n) is 10.3. The summed E-state index contributed by atoms with van der Waals surface area (Å²) >= 11 is 0. The van der Waals surface area contributed by atoms with Gasteiger partial charge in [-0.2, -0.15) is 4.98 Å². The van der Waals surface area contributed by atoms with E-state index < -0.39 is 5.69 Å². The minimum Gasteiger partial charge on any atom is -0.452 e. The van der Waals surface area contributed by atoms with Crippen LogP contribution in [0, 0.1) is 0 Å². The predicted octanol–water partition coefficient (Wildman–Crippen LogP) is 1.80. The number of rotatable bonds is 8. The average Bonchev–Trinajstić information content (AvgIpc) is 3.16. The maximum absolute atomic E-state index is 12.9. The summed E-state index contributed by atoms with van der Waals surface area (Å²) in [6, 6.07) is 12.4. The molecule has 2 aromatic heterocycles. The molecule has 2 radical (unpaired) electrons. The quantitative estimate of drug-likeness (QED) is 0.414. The number of nitrogens with one attached hydrogen (secondary N) is 2. The molecule has 32 heavy (non-hydrogen) atoms. The Morgan fingerprint density at radius 2 is 2.00 bits per heavy atom. The second-order valence-corrected chi connectivity index (χ2v) is 7.33. The fourth-order valence-electron chi connectivity index (χ4n) is 3.57. The van der Waals surface area contributed by atoms with Crippen LogP contribution in [0.3, 0.4) is 0 Å². The molecule has 9 heteroatoms. The highest BCUT2D eigenvalue weighted by Gasteiger charge is 2.19. The number of fused-ring (bicyclic) bond motifs is 3. The monoisotopic (exact) mass is 430 g/mol. The first kappa shape index (κ1) is 21.8. The maximum Gasteiger partial charge on any atom is 0.348 e. The Morgan fingerprint density at radius 3 is 2.72 bits per heavy atom. The third-order valence-electron chi connectivity index (χ3n) is 5.11. The number of aromatic nitrogens is 2. The minimum absolute atomic E-state index is 0.129. The van der Waals surface area contributed by atoms with Crippen LogP contribution in [0.4, 0.5) is 5.69 Å². The molecule has 0 aliphatic heterocycles. The molecule has 0 unspecified atom stereocenters. The molecule has 0 bridgehead atoms. The average molecular weight is 430 g/mol. The van der Waals surface area contributed by atoms with Crippen molar-refractivity contribution in [3.8, 4) is 11.3 Å². The van der Waals surface area contributed by atoms with E-state index in [0.717, 1.165) is 5.39 Å². The van der Waals surface area contributed by atoms with Gasteiger partial charge < -0.3 is 19.8 Å². The number of amides is 1. The fourth-order valence-corrected chi connectivity index (χ4v) is 3.57. The maximum atomic E-state index is 12.9. The Hall–Kier alpha value is -3.43. The Labute approximate surface area is 186 Å². The van der Waals surface area contributed by atoms with Crippen LogP contribution in [0.15, 0.2) is 51.7 Å². The van der Waals surface area contributed by atoms with Crippen LogP contribution in [0.1, 0.15) is 6.92 Å². The van der Waals surface area contributed by atoms with Crippen molar-refractivity contribution in [2.45, 2.75) is 13.5 Å². The molecular formula is C23H23BN4O4. The molecule has 162 valence electrons. The third kappa shape index (κ3) is 4.30. The molecule has 0 fully saturated rings. The number of furan rings is 1. The highest BCUT2D eigenvalue weighted by atomic mass is 16.5. The number of ether oxygens (including phenoxy) is 1. The first-order chi connectivity index (χ1) is 15.5. The van der Waals surface area contributed by atoms with E-state index in [1.165, 1.54) is 0 Å². The van der Waals surface area contributed by atoms with Crippen molar-refractivity contribution >= 4 is 47.0 Å². The van der Waals surface area contributed by atoms with E-state index in [2.05, 4.69) is 15.6 Å². The first-order valence-corrected chi connectivity index (χ1v) is 10.3. The van der Waals surface area contributed by atoms with E-state index in [0.29, 0.717) is 58.8 Å². The number of hydrogen-bond acceptors (Lipinski definition) is 6. The molecule has 8 nitrogen and oxygen atoms in total. The molecule has 0 aliphatic carbocycles. The highest BCUT2D eigenvalue weighted by Crippen LogP contribution is 2.33. The zero-order chi connectivity index (χ0) is 22.7. The van der Waals surface area contributed by atoms with Gasteiger partial charge in [-0.1, -0.05) is 36.7 Å². The normalized spacial score (nSPS) is 11.3. The Kier molecular flexibility index (Phi) is 6.39. The highest BCUT2D eigenvalue weighted by molar-refractivity contribution is 6.33. The van der Waals surface area contributed by atoms with Crippen LogP contribution in [-0.4, -0.2) is 50.1 Å². The van der Waals surface area contributed by atoms with Crippen molar-refractivity contribution < 1.29 is 13.9 Å². The summed E-state index contributed by atoms with van der Waals surface area (Å²) in [4.78, 5) is 29.2. The summed E-state index contributed by atoms with van der Waals surface area (Å²) in [5.41, 5.74) is 3.67. The SMILES string of the molecule is [B]c1ccc2oc3c(-c4ccc(NC(=O)CNCC)cc4)nc(=O)n(CCOC)c3c2c1. The Morgan fingerprint density at radius 1 is 1.22 bits per heavy atom. The Bertz CT molecular complexity index is 1330. The van der Waals surface area contributed by atoms with Crippen LogP contribution in [0.25, 0.3) is 33.3 Å². The molecule has 2 aromatic carbocycles. The van der Waals surface area contributed by atoms with Crippen LogP contribution in [-0.2, 0) is 16.1 Å². The molecule has 0 spiro atoms. The van der Waals surface area contributed by atoms with Crippen molar-refractivity contribution in [3.63, 3.8) is 0 Å². The van der Waals surface area contributed by atoms with Crippen LogP contribution in [0.5, 0.6) is 0 Å². The topological polar surface area (TPSA) is 98.4 Å². The zero-order valence-electron chi connectivity index (χ0n) is 18.0. The van der Waals surface area contributed by atoms with E-state index in [1.807, 2.05) is 6.92 Å². The number of anilines is 1. The van der Waals surface area contributed by atoms with Crippen LogP contribution in [0.2, 0.25) is 0 Å². The second kappa shape index (κ2) is 9.38. The van der Waals surface area contributed by atoms with Crippen LogP contribution >= 0.6 is 0 Å². The standard InChI is InChI=1S/C23H23BN4O4/c1-3-25-13-19(29)26-16-7-4-14(5-8-16)20-22-21(28(10-11-31-2)23(30)27-20)17-12-15(24)6-9-18(17)32-22/h4-9,12,25H,3,10-11,13H2,1-2H3,(H,26,29). The number of nitrogens with zero attached hydrogens (tertiary/aromatic N) is 2. The summed E-state index contributed by atoms with van der Waals surface area (Å²) in [6.45, 7) is 3.58. The van der Waals surface area contributed by atoms with Crippen molar-refractivity contribution in [3.05, 3.63) is 52.9 Å². The smallest absolute Gasteiger partial charge is 0.348 e. The lowest BCUT2D eigenvalue weighted by Crippen LogP contribution is -2.27. The summed E-state index contributed by atoms with van der Waals surface area (Å²) < 4.78 is 12.8. The van der Waals surface area contributed by atoms with Crippen molar-refractivity contribution in [1.29, 1.82) is 0 Å². The van der Waals surface area contributed by atoms with Gasteiger partial charge in [-0.15, -0.1) is 0 Å². The summed E-state index contributed by atoms with van der Waals surface area (Å²) in [7, 11) is 7.57. The molecule has 2 N–H and O–H groups in total. The van der Waals surface area contributed by atoms with E-state index in [4.69, 9.17) is 17.0 Å². The van der Waals surface area contributed by atoms with Gasteiger partial charge in [0.05, 0.1) is 19.7 Å². The molecule has 4 rings (SSSR count). The fraction of sp³-hybridized carbons (Fsp3) is 0.261. The lowest BCUT2D eigenvalue weighted by Gasteiger charge is -2.10. The van der Waals surface area contributed by atoms with E-state index in [9.17, 15) is 9.59 Å². The van der Waals surface area contributed by atoms with Gasteiger partial charge in [0.25, 0.3) is 0 Å². The number of likely N-dealkylation sites (N-methyl/N-ethyl adjacent to an activating group) is 1. The summed E-state index contributed by atoms with van der Waals surface area (Å²) in [5, 5.41) is 6.54. The van der Waals surface area contributed by atoms with Gasteiger partial charge in [-0.25, -0.2) is 4.79 Å². The van der Waals surface area contributed by atoms with Gasteiger partial charge in [0, 0.05) is 23.7 Å². The van der Waals surface area contributed by atoms with E-state index >= 15 is 0 Å². The molecule has 0 saturated heterocycles. The molecule has 0 aliphatic rings. The van der Waals surface area contributed by atoms with Crippen LogP contribution < -0.4 is 21.8 Å². The lowest BCUT2D eigenvalue weighted by molar-refractivity contribution is -0.115. The number of benzene rings is 2. The second-order valence-electron chi connectivity index (χ2n) is 7.33. The Balaban J connectivity index is 1.80. The van der Waals surface area contributed by atoms with Gasteiger partial charge in [-0.05, 0) is 24.7 Å². The lowest BCUT2D eigenvalue weighted by atomic mass is 9.95. The third-order valence-corrected chi connectivity index (χ3v) is 5.11. The van der Waals surface area contributed by atoms with E-state index in [-0.39, 0.29) is 12.5 Å². The number of hydrogen-bond donors (Lipinski definition) is 2. The zero-order valence-corrected chi connectivity index (χ0v) is 18.0. The number of carbonyl (C=O) groups is 1. The van der Waals surface area contributed by atoms with E-state index in [1.54, 1.807) is 54.1 Å². The van der Waals surface area contributed by atoms with Crippen molar-refractivity contribution in [2.24, 2.45) is 0 Å². The van der Waals surface area contributed by atoms with Gasteiger partial charge in [0.1, 0.15) is 24.6 Å². The molecular weight excluding hydrogens is 407 g/mol. The number of carbonyl (C=O) groups excluding carboxylic acids is 1. The molecule has 0 saturated carbocycles. The largest absolute Gasteiger partial charge is 0.452 e. The molecule has 1 amide bonds. The number of methoxy groups -OCH3 is 1. The molecule has 4 aromatic rings. The summed E-state index contributed by atoms with van der Waals surface area (Å²) in [5.74, 6) is -0.129. The van der Waals surface area contributed by atoms with Gasteiger partial charge >= 0.3 is 5.69 Å². The molecule has 0 atom stereocenters.